The number of piperazine rings is 1. The maximum absolute atomic E-state index is 10.7. The molecule has 0 amide bonds. The van der Waals surface area contributed by atoms with E-state index in [4.69, 9.17) is 0 Å². The second-order valence-electron chi connectivity index (χ2n) is 5.23. The number of rotatable bonds is 4. The molecule has 1 aromatic heterocycles. The van der Waals surface area contributed by atoms with E-state index >= 15 is 0 Å². The van der Waals surface area contributed by atoms with Gasteiger partial charge in [-0.05, 0) is 19.4 Å². The molecule has 2 heterocycles. The molecule has 0 spiro atoms. The highest BCUT2D eigenvalue weighted by atomic mass is 16.6. The number of aliphatic hydroxyl groups excluding tert-OH is 1. The molecule has 2 rings (SSSR count). The van der Waals surface area contributed by atoms with Crippen LogP contribution in [0.5, 0.6) is 0 Å². The molecule has 1 aromatic rings. The number of hydrogen-bond donors (Lipinski definition) is 1. The summed E-state index contributed by atoms with van der Waals surface area (Å²) >= 11 is 0. The predicted molar refractivity (Wildman–Crippen MR) is 76.0 cm³/mol. The third-order valence-corrected chi connectivity index (χ3v) is 3.44. The maximum atomic E-state index is 10.7. The highest BCUT2D eigenvalue weighted by molar-refractivity contribution is 5.50. The molecule has 1 aliphatic heterocycles. The first-order valence-electron chi connectivity index (χ1n) is 6.74. The number of aryl methyl sites for hydroxylation is 1. The van der Waals surface area contributed by atoms with Crippen molar-refractivity contribution in [3.63, 3.8) is 0 Å². The van der Waals surface area contributed by atoms with E-state index in [9.17, 15) is 15.2 Å². The first kappa shape index (κ1) is 14.7. The second-order valence-corrected chi connectivity index (χ2v) is 5.23. The molecule has 0 aliphatic carbocycles. The van der Waals surface area contributed by atoms with Gasteiger partial charge < -0.3 is 10.0 Å². The zero-order valence-electron chi connectivity index (χ0n) is 11.8. The van der Waals surface area contributed by atoms with Crippen molar-refractivity contribution in [2.45, 2.75) is 20.0 Å². The summed E-state index contributed by atoms with van der Waals surface area (Å²) in [5, 5.41) is 20.1. The quantitative estimate of drug-likeness (QED) is 0.649. The Morgan fingerprint density at radius 3 is 2.60 bits per heavy atom. The van der Waals surface area contributed by atoms with E-state index < -0.39 is 4.92 Å². The topological polar surface area (TPSA) is 82.7 Å². The van der Waals surface area contributed by atoms with Crippen molar-refractivity contribution < 1.29 is 10.0 Å². The van der Waals surface area contributed by atoms with Crippen LogP contribution in [-0.4, -0.2) is 58.7 Å². The van der Waals surface area contributed by atoms with Gasteiger partial charge in [-0.15, -0.1) is 0 Å². The first-order chi connectivity index (χ1) is 9.47. The van der Waals surface area contributed by atoms with Crippen LogP contribution in [0.2, 0.25) is 0 Å². The molecule has 1 aliphatic rings. The summed E-state index contributed by atoms with van der Waals surface area (Å²) in [6.07, 6.45) is 0.991. The Morgan fingerprint density at radius 2 is 2.10 bits per heavy atom. The Hall–Kier alpha value is -1.73. The van der Waals surface area contributed by atoms with Gasteiger partial charge in [0, 0.05) is 38.8 Å². The Morgan fingerprint density at radius 1 is 1.45 bits per heavy atom. The van der Waals surface area contributed by atoms with Gasteiger partial charge in [-0.3, -0.25) is 15.0 Å². The monoisotopic (exact) mass is 280 g/mol. The van der Waals surface area contributed by atoms with E-state index in [1.165, 1.54) is 6.20 Å². The zero-order valence-corrected chi connectivity index (χ0v) is 11.8. The van der Waals surface area contributed by atoms with Crippen LogP contribution in [0.3, 0.4) is 0 Å². The van der Waals surface area contributed by atoms with Gasteiger partial charge in [0.05, 0.1) is 11.0 Å². The van der Waals surface area contributed by atoms with Crippen LogP contribution < -0.4 is 4.90 Å². The van der Waals surface area contributed by atoms with Crippen LogP contribution in [0.25, 0.3) is 0 Å². The fourth-order valence-corrected chi connectivity index (χ4v) is 2.50. The summed E-state index contributed by atoms with van der Waals surface area (Å²) in [5.41, 5.74) is 0.849. The molecule has 0 bridgehead atoms. The van der Waals surface area contributed by atoms with Crippen molar-refractivity contribution in [2.24, 2.45) is 0 Å². The van der Waals surface area contributed by atoms with Gasteiger partial charge in [0.1, 0.15) is 12.0 Å². The standard InChI is InChI=1S/C13H20N4O3/c1-10-7-12(17(19)20)8-14-13(10)16-5-3-15(4-6-16)9-11(2)18/h7-8,11,18H,3-6,9H2,1-2H3/t11-/m1/s1. The van der Waals surface area contributed by atoms with Crippen LogP contribution in [0, 0.1) is 17.0 Å². The van der Waals surface area contributed by atoms with Crippen molar-refractivity contribution in [1.29, 1.82) is 0 Å². The third-order valence-electron chi connectivity index (χ3n) is 3.44. The number of nitrogens with zero attached hydrogens (tertiary/aromatic N) is 4. The summed E-state index contributed by atoms with van der Waals surface area (Å²) in [5.74, 6) is 0.812. The molecule has 1 N–H and O–H groups in total. The van der Waals surface area contributed by atoms with Crippen LogP contribution >= 0.6 is 0 Å². The number of anilines is 1. The molecule has 20 heavy (non-hydrogen) atoms. The molecule has 0 radical (unpaired) electrons. The van der Waals surface area contributed by atoms with E-state index in [0.717, 1.165) is 37.6 Å². The number of aliphatic hydroxyl groups is 1. The van der Waals surface area contributed by atoms with Crippen LogP contribution in [0.15, 0.2) is 12.3 Å². The van der Waals surface area contributed by atoms with Crippen molar-refractivity contribution >= 4 is 11.5 Å². The Balaban J connectivity index is 2.02. The fraction of sp³-hybridized carbons (Fsp3) is 0.615. The number of pyridine rings is 1. The molecular weight excluding hydrogens is 260 g/mol. The SMILES string of the molecule is Cc1cc([N+](=O)[O-])cnc1N1CCN(C[C@@H](C)O)CC1. The minimum Gasteiger partial charge on any atom is -0.392 e. The normalized spacial score (nSPS) is 18.1. The second kappa shape index (κ2) is 6.15. The van der Waals surface area contributed by atoms with E-state index in [1.54, 1.807) is 13.0 Å². The highest BCUT2D eigenvalue weighted by Crippen LogP contribution is 2.22. The minimum absolute atomic E-state index is 0.0268. The Kier molecular flexibility index (Phi) is 4.51. The Bertz CT molecular complexity index is 485. The average molecular weight is 280 g/mol. The fourth-order valence-electron chi connectivity index (χ4n) is 2.50. The average Bonchev–Trinajstić information content (AvgIpc) is 2.39. The Labute approximate surface area is 118 Å². The predicted octanol–water partition coefficient (Wildman–Crippen LogP) is 0.801. The zero-order chi connectivity index (χ0) is 14.7. The van der Waals surface area contributed by atoms with E-state index in [1.807, 2.05) is 6.92 Å². The summed E-state index contributed by atoms with van der Waals surface area (Å²) in [7, 11) is 0. The van der Waals surface area contributed by atoms with Crippen molar-refractivity contribution in [3.05, 3.63) is 27.9 Å². The molecule has 1 fully saturated rings. The lowest BCUT2D eigenvalue weighted by atomic mass is 10.2. The third kappa shape index (κ3) is 3.43. The largest absolute Gasteiger partial charge is 0.392 e. The molecule has 0 aromatic carbocycles. The van der Waals surface area contributed by atoms with Gasteiger partial charge in [0.15, 0.2) is 0 Å². The molecule has 0 saturated carbocycles. The lowest BCUT2D eigenvalue weighted by Gasteiger charge is -2.36. The van der Waals surface area contributed by atoms with E-state index in [-0.39, 0.29) is 11.8 Å². The summed E-state index contributed by atoms with van der Waals surface area (Å²) in [6, 6.07) is 1.56. The number of hydrogen-bond acceptors (Lipinski definition) is 6. The van der Waals surface area contributed by atoms with Crippen molar-refractivity contribution in [2.75, 3.05) is 37.6 Å². The number of nitro groups is 1. The summed E-state index contributed by atoms with van der Waals surface area (Å²) in [6.45, 7) is 7.68. The maximum Gasteiger partial charge on any atom is 0.287 e. The van der Waals surface area contributed by atoms with Crippen LogP contribution in [-0.2, 0) is 0 Å². The highest BCUT2D eigenvalue weighted by Gasteiger charge is 2.21. The number of β-amino-alcohol motifs (C(OH)–C–C–N with tert-alkyl or cyclic N) is 1. The van der Waals surface area contributed by atoms with E-state index in [2.05, 4.69) is 14.8 Å². The smallest absolute Gasteiger partial charge is 0.287 e. The van der Waals surface area contributed by atoms with Crippen molar-refractivity contribution in [3.8, 4) is 0 Å². The van der Waals surface area contributed by atoms with Gasteiger partial charge in [-0.2, -0.15) is 0 Å². The molecule has 0 unspecified atom stereocenters. The summed E-state index contributed by atoms with van der Waals surface area (Å²) in [4.78, 5) is 18.9. The van der Waals surface area contributed by atoms with Gasteiger partial charge in [0.25, 0.3) is 5.69 Å². The van der Waals surface area contributed by atoms with Gasteiger partial charge in [-0.25, -0.2) is 4.98 Å². The minimum atomic E-state index is -0.426. The van der Waals surface area contributed by atoms with Crippen LogP contribution in [0.4, 0.5) is 11.5 Å². The van der Waals surface area contributed by atoms with Crippen LogP contribution in [0.1, 0.15) is 12.5 Å². The molecule has 1 atom stereocenters. The first-order valence-corrected chi connectivity index (χ1v) is 6.74. The van der Waals surface area contributed by atoms with Gasteiger partial charge in [-0.1, -0.05) is 0 Å². The van der Waals surface area contributed by atoms with E-state index in [0.29, 0.717) is 6.54 Å². The number of aromatic nitrogens is 1. The summed E-state index contributed by atoms with van der Waals surface area (Å²) < 4.78 is 0. The van der Waals surface area contributed by atoms with Gasteiger partial charge in [0.2, 0.25) is 0 Å². The molecular formula is C13H20N4O3. The van der Waals surface area contributed by atoms with Gasteiger partial charge >= 0.3 is 0 Å². The van der Waals surface area contributed by atoms with Crippen molar-refractivity contribution in [1.82, 2.24) is 9.88 Å². The lowest BCUT2D eigenvalue weighted by molar-refractivity contribution is -0.385. The molecule has 1 saturated heterocycles. The molecule has 110 valence electrons. The molecule has 7 nitrogen and oxygen atoms in total. The lowest BCUT2D eigenvalue weighted by Crippen LogP contribution is -2.48. The molecule has 7 heteroatoms.